The topological polar surface area (TPSA) is 90.1 Å². The molecule has 8 heteroatoms. The van der Waals surface area contributed by atoms with Crippen molar-refractivity contribution in [3.63, 3.8) is 0 Å². The van der Waals surface area contributed by atoms with Crippen molar-refractivity contribution in [2.75, 3.05) is 7.11 Å². The highest BCUT2D eigenvalue weighted by Gasteiger charge is 2.17. The molecule has 1 unspecified atom stereocenters. The van der Waals surface area contributed by atoms with Gasteiger partial charge in [0.15, 0.2) is 5.82 Å². The van der Waals surface area contributed by atoms with Crippen molar-refractivity contribution < 1.29 is 14.6 Å². The molecule has 0 aliphatic carbocycles. The Morgan fingerprint density at radius 1 is 1.55 bits per heavy atom. The van der Waals surface area contributed by atoms with Crippen LogP contribution in [-0.2, 0) is 16.1 Å². The molecule has 7 nitrogen and oxygen atoms in total. The summed E-state index contributed by atoms with van der Waals surface area (Å²) in [7, 11) is 1.46. The molecular weight excluding hydrogens is 284 g/mol. The molecule has 0 aliphatic heterocycles. The number of carboxylic acids is 1. The number of rotatable bonds is 6. The Morgan fingerprint density at radius 2 is 2.35 bits per heavy atom. The number of ether oxygens (including phenoxy) is 1. The van der Waals surface area contributed by atoms with Gasteiger partial charge < -0.3 is 9.84 Å². The SMILES string of the molecule is COC(CC(=O)O)Cn1nnnc1-c1cccc(Cl)c1. The van der Waals surface area contributed by atoms with Crippen molar-refractivity contribution in [2.24, 2.45) is 0 Å². The lowest BCUT2D eigenvalue weighted by Crippen LogP contribution is -2.23. The second kappa shape index (κ2) is 6.44. The number of aliphatic carboxylic acids is 1. The first-order valence-corrected chi connectivity index (χ1v) is 6.24. The van der Waals surface area contributed by atoms with Crippen LogP contribution in [-0.4, -0.2) is 44.5 Å². The predicted octanol–water partition coefficient (Wildman–Crippen LogP) is 1.48. The molecule has 1 aromatic carbocycles. The molecule has 20 heavy (non-hydrogen) atoms. The summed E-state index contributed by atoms with van der Waals surface area (Å²) in [5.41, 5.74) is 0.757. The summed E-state index contributed by atoms with van der Waals surface area (Å²) >= 11 is 5.94. The number of methoxy groups -OCH3 is 1. The van der Waals surface area contributed by atoms with Gasteiger partial charge in [-0.1, -0.05) is 23.7 Å². The van der Waals surface area contributed by atoms with E-state index in [4.69, 9.17) is 21.4 Å². The Morgan fingerprint density at radius 3 is 3.00 bits per heavy atom. The zero-order chi connectivity index (χ0) is 14.5. The molecular formula is C12H13ClN4O3. The van der Waals surface area contributed by atoms with Gasteiger partial charge in [0.1, 0.15) is 0 Å². The fourth-order valence-corrected chi connectivity index (χ4v) is 1.96. The maximum atomic E-state index is 10.7. The van der Waals surface area contributed by atoms with Gasteiger partial charge in [0.2, 0.25) is 0 Å². The lowest BCUT2D eigenvalue weighted by molar-refractivity contribution is -0.139. The van der Waals surface area contributed by atoms with Crippen LogP contribution in [0.15, 0.2) is 24.3 Å². The van der Waals surface area contributed by atoms with Gasteiger partial charge >= 0.3 is 5.97 Å². The van der Waals surface area contributed by atoms with E-state index in [1.807, 2.05) is 6.07 Å². The molecule has 0 aliphatic rings. The van der Waals surface area contributed by atoms with Crippen LogP contribution in [0, 0.1) is 0 Å². The number of carbonyl (C=O) groups is 1. The zero-order valence-corrected chi connectivity index (χ0v) is 11.5. The van der Waals surface area contributed by atoms with E-state index in [2.05, 4.69) is 15.5 Å². The standard InChI is InChI=1S/C12H13ClN4O3/c1-20-10(6-11(18)19)7-17-12(14-15-16-17)8-3-2-4-9(13)5-8/h2-5,10H,6-7H2,1H3,(H,18,19). The van der Waals surface area contributed by atoms with Gasteiger partial charge in [0.25, 0.3) is 0 Å². The number of carboxylic acid groups (broad SMARTS) is 1. The third kappa shape index (κ3) is 3.52. The highest BCUT2D eigenvalue weighted by atomic mass is 35.5. The summed E-state index contributed by atoms with van der Waals surface area (Å²) < 4.78 is 6.63. The number of hydrogen-bond donors (Lipinski definition) is 1. The third-order valence-corrected chi connectivity index (χ3v) is 2.96. The van der Waals surface area contributed by atoms with Crippen molar-refractivity contribution in [2.45, 2.75) is 19.1 Å². The quantitative estimate of drug-likeness (QED) is 0.868. The lowest BCUT2D eigenvalue weighted by Gasteiger charge is -2.13. The minimum absolute atomic E-state index is 0.120. The predicted molar refractivity (Wildman–Crippen MR) is 71.3 cm³/mol. The molecule has 0 bridgehead atoms. The third-order valence-electron chi connectivity index (χ3n) is 2.73. The number of aromatic nitrogens is 4. The average molecular weight is 297 g/mol. The van der Waals surface area contributed by atoms with E-state index in [0.717, 1.165) is 5.56 Å². The molecule has 0 amide bonds. The van der Waals surface area contributed by atoms with E-state index in [1.165, 1.54) is 11.8 Å². The van der Waals surface area contributed by atoms with Crippen molar-refractivity contribution in [3.8, 4) is 11.4 Å². The maximum absolute atomic E-state index is 10.7. The van der Waals surface area contributed by atoms with Crippen LogP contribution in [0.25, 0.3) is 11.4 Å². The molecule has 0 saturated carbocycles. The fraction of sp³-hybridized carbons (Fsp3) is 0.333. The summed E-state index contributed by atoms with van der Waals surface area (Å²) in [6.45, 7) is 0.248. The molecule has 1 N–H and O–H groups in total. The van der Waals surface area contributed by atoms with Gasteiger partial charge in [-0.15, -0.1) is 5.10 Å². The van der Waals surface area contributed by atoms with Crippen LogP contribution < -0.4 is 0 Å². The van der Waals surface area contributed by atoms with E-state index in [9.17, 15) is 4.79 Å². The van der Waals surface area contributed by atoms with Crippen LogP contribution in [0.2, 0.25) is 5.02 Å². The first kappa shape index (κ1) is 14.4. The smallest absolute Gasteiger partial charge is 0.306 e. The minimum Gasteiger partial charge on any atom is -0.481 e. The second-order valence-electron chi connectivity index (χ2n) is 4.15. The molecule has 0 spiro atoms. The maximum Gasteiger partial charge on any atom is 0.306 e. The van der Waals surface area contributed by atoms with E-state index >= 15 is 0 Å². The Labute approximate surface area is 120 Å². The normalized spacial score (nSPS) is 12.3. The number of halogens is 1. The van der Waals surface area contributed by atoms with Gasteiger partial charge in [0, 0.05) is 17.7 Å². The molecule has 1 aromatic heterocycles. The number of nitrogens with zero attached hydrogens (tertiary/aromatic N) is 4. The molecule has 1 heterocycles. The van der Waals surface area contributed by atoms with E-state index in [0.29, 0.717) is 10.8 Å². The van der Waals surface area contributed by atoms with Crippen molar-refractivity contribution in [1.29, 1.82) is 0 Å². The van der Waals surface area contributed by atoms with E-state index in [-0.39, 0.29) is 13.0 Å². The summed E-state index contributed by atoms with van der Waals surface area (Å²) in [6, 6.07) is 7.11. The largest absolute Gasteiger partial charge is 0.481 e. The minimum atomic E-state index is -0.936. The highest BCUT2D eigenvalue weighted by Crippen LogP contribution is 2.20. The van der Waals surface area contributed by atoms with Gasteiger partial charge in [-0.05, 0) is 22.6 Å². The summed E-state index contributed by atoms with van der Waals surface area (Å²) in [6.07, 6.45) is -0.625. The molecule has 0 saturated heterocycles. The Kier molecular flexibility index (Phi) is 4.65. The number of hydrogen-bond acceptors (Lipinski definition) is 5. The van der Waals surface area contributed by atoms with E-state index < -0.39 is 12.1 Å². The summed E-state index contributed by atoms with van der Waals surface area (Å²) in [5.74, 6) is -0.422. The molecule has 0 fully saturated rings. The molecule has 106 valence electrons. The number of benzene rings is 1. The second-order valence-corrected chi connectivity index (χ2v) is 4.59. The van der Waals surface area contributed by atoms with Crippen molar-refractivity contribution in [1.82, 2.24) is 20.2 Å². The van der Waals surface area contributed by atoms with Gasteiger partial charge in [-0.25, -0.2) is 4.68 Å². The van der Waals surface area contributed by atoms with Gasteiger partial charge in [-0.3, -0.25) is 4.79 Å². The van der Waals surface area contributed by atoms with Crippen LogP contribution in [0.1, 0.15) is 6.42 Å². The van der Waals surface area contributed by atoms with Crippen LogP contribution in [0.4, 0.5) is 0 Å². The van der Waals surface area contributed by atoms with Crippen LogP contribution in [0.5, 0.6) is 0 Å². The highest BCUT2D eigenvalue weighted by molar-refractivity contribution is 6.30. The van der Waals surface area contributed by atoms with Crippen molar-refractivity contribution in [3.05, 3.63) is 29.3 Å². The Hall–Kier alpha value is -1.99. The zero-order valence-electron chi connectivity index (χ0n) is 10.7. The van der Waals surface area contributed by atoms with Crippen LogP contribution >= 0.6 is 11.6 Å². The first-order valence-electron chi connectivity index (χ1n) is 5.87. The summed E-state index contributed by atoms with van der Waals surface area (Å²) in [4.78, 5) is 10.7. The number of tetrazole rings is 1. The van der Waals surface area contributed by atoms with Crippen molar-refractivity contribution >= 4 is 17.6 Å². The lowest BCUT2D eigenvalue weighted by atomic mass is 10.2. The van der Waals surface area contributed by atoms with Gasteiger partial charge in [0.05, 0.1) is 19.1 Å². The monoisotopic (exact) mass is 296 g/mol. The average Bonchev–Trinajstić information content (AvgIpc) is 2.85. The molecule has 0 radical (unpaired) electrons. The van der Waals surface area contributed by atoms with Gasteiger partial charge in [-0.2, -0.15) is 0 Å². The fourth-order valence-electron chi connectivity index (χ4n) is 1.77. The molecule has 2 aromatic rings. The Balaban J connectivity index is 2.22. The molecule has 2 rings (SSSR count). The summed E-state index contributed by atoms with van der Waals surface area (Å²) in [5, 5.41) is 20.8. The molecule has 1 atom stereocenters. The first-order chi connectivity index (χ1) is 9.60. The Bertz CT molecular complexity index is 602. The van der Waals surface area contributed by atoms with E-state index in [1.54, 1.807) is 18.2 Å². The van der Waals surface area contributed by atoms with Crippen LogP contribution in [0.3, 0.4) is 0 Å².